The normalized spacial score (nSPS) is 13.6. The van der Waals surface area contributed by atoms with Gasteiger partial charge in [-0.25, -0.2) is 4.39 Å². The molecule has 0 N–H and O–H groups in total. The van der Waals surface area contributed by atoms with Crippen molar-refractivity contribution in [2.24, 2.45) is 0 Å². The van der Waals surface area contributed by atoms with E-state index in [1.807, 2.05) is 0 Å². The van der Waals surface area contributed by atoms with Crippen molar-refractivity contribution in [1.29, 1.82) is 0 Å². The summed E-state index contributed by atoms with van der Waals surface area (Å²) in [7, 11) is 1.36. The zero-order valence-corrected chi connectivity index (χ0v) is 17.2. The van der Waals surface area contributed by atoms with Crippen LogP contribution in [0.4, 0.5) is 10.1 Å². The van der Waals surface area contributed by atoms with E-state index in [9.17, 15) is 24.1 Å². The molecule has 164 valence electrons. The number of hydrogen-bond donors (Lipinski definition) is 0. The third-order valence-corrected chi connectivity index (χ3v) is 4.95. The van der Waals surface area contributed by atoms with Crippen LogP contribution >= 0.6 is 0 Å². The zero-order valence-electron chi connectivity index (χ0n) is 17.2. The van der Waals surface area contributed by atoms with Crippen LogP contribution in [0.25, 0.3) is 0 Å². The molecule has 2 aromatic rings. The maximum atomic E-state index is 13.1. The SMILES string of the molecule is CCOc1cc(C(=O)N2CCN(C(=O)c3ccc(F)cc3)CC2)c([N+](=O)[O-])cc1OC. The minimum Gasteiger partial charge on any atom is -0.493 e. The van der Waals surface area contributed by atoms with Gasteiger partial charge in [-0.15, -0.1) is 0 Å². The van der Waals surface area contributed by atoms with Crippen LogP contribution in [0.2, 0.25) is 0 Å². The summed E-state index contributed by atoms with van der Waals surface area (Å²) in [5.41, 5.74) is -0.129. The molecule has 0 spiro atoms. The van der Waals surface area contributed by atoms with Gasteiger partial charge in [-0.1, -0.05) is 0 Å². The Bertz CT molecular complexity index is 987. The van der Waals surface area contributed by atoms with Crippen molar-refractivity contribution in [3.8, 4) is 11.5 Å². The Hall–Kier alpha value is -3.69. The molecular weight excluding hydrogens is 409 g/mol. The van der Waals surface area contributed by atoms with Gasteiger partial charge < -0.3 is 19.3 Å². The van der Waals surface area contributed by atoms with Crippen LogP contribution in [0.5, 0.6) is 11.5 Å². The highest BCUT2D eigenvalue weighted by atomic mass is 19.1. The summed E-state index contributed by atoms with van der Waals surface area (Å²) in [4.78, 5) is 39.5. The monoisotopic (exact) mass is 431 g/mol. The average Bonchev–Trinajstić information content (AvgIpc) is 2.78. The molecule has 0 aromatic heterocycles. The molecule has 1 fully saturated rings. The number of hydrogen-bond acceptors (Lipinski definition) is 6. The predicted molar refractivity (Wildman–Crippen MR) is 109 cm³/mol. The molecule has 1 saturated heterocycles. The van der Waals surface area contributed by atoms with Gasteiger partial charge in [0.25, 0.3) is 17.5 Å². The van der Waals surface area contributed by atoms with Crippen LogP contribution in [-0.4, -0.2) is 66.4 Å². The number of methoxy groups -OCH3 is 1. The van der Waals surface area contributed by atoms with Crippen LogP contribution < -0.4 is 9.47 Å². The summed E-state index contributed by atoms with van der Waals surface area (Å²) >= 11 is 0. The topological polar surface area (TPSA) is 102 Å². The number of halogens is 1. The average molecular weight is 431 g/mol. The second kappa shape index (κ2) is 9.41. The lowest BCUT2D eigenvalue weighted by atomic mass is 10.1. The molecule has 10 heteroatoms. The Morgan fingerprint density at radius 3 is 2.13 bits per heavy atom. The van der Waals surface area contributed by atoms with Gasteiger partial charge >= 0.3 is 0 Å². The maximum absolute atomic E-state index is 13.1. The molecule has 9 nitrogen and oxygen atoms in total. The smallest absolute Gasteiger partial charge is 0.286 e. The standard InChI is InChI=1S/C21H22FN3O6/c1-3-31-19-12-16(17(25(28)29)13-18(19)30-2)21(27)24-10-8-23(9-11-24)20(26)14-4-6-15(22)7-5-14/h4-7,12-13H,3,8-11H2,1-2H3. The number of ether oxygens (including phenoxy) is 2. The van der Waals surface area contributed by atoms with Crippen LogP contribution in [0, 0.1) is 15.9 Å². The van der Waals surface area contributed by atoms with E-state index >= 15 is 0 Å². The number of nitrogens with zero attached hydrogens (tertiary/aromatic N) is 3. The van der Waals surface area contributed by atoms with E-state index in [1.165, 1.54) is 48.4 Å². The second-order valence-electron chi connectivity index (χ2n) is 6.80. The maximum Gasteiger partial charge on any atom is 0.286 e. The Morgan fingerprint density at radius 2 is 1.61 bits per heavy atom. The summed E-state index contributed by atoms with van der Waals surface area (Å²) in [6, 6.07) is 7.74. The third kappa shape index (κ3) is 4.73. The molecule has 2 aromatic carbocycles. The molecule has 0 unspecified atom stereocenters. The van der Waals surface area contributed by atoms with E-state index in [0.29, 0.717) is 12.2 Å². The fraction of sp³-hybridized carbons (Fsp3) is 0.333. The fourth-order valence-electron chi connectivity index (χ4n) is 3.36. The van der Waals surface area contributed by atoms with E-state index in [4.69, 9.17) is 9.47 Å². The quantitative estimate of drug-likeness (QED) is 0.515. The molecule has 0 saturated carbocycles. The summed E-state index contributed by atoms with van der Waals surface area (Å²) in [5, 5.41) is 11.5. The number of carbonyl (C=O) groups excluding carboxylic acids is 2. The lowest BCUT2D eigenvalue weighted by molar-refractivity contribution is -0.385. The van der Waals surface area contributed by atoms with Crippen molar-refractivity contribution in [3.63, 3.8) is 0 Å². The Kier molecular flexibility index (Phi) is 6.68. The van der Waals surface area contributed by atoms with Crippen LogP contribution in [0.15, 0.2) is 36.4 Å². The van der Waals surface area contributed by atoms with Crippen molar-refractivity contribution in [2.45, 2.75) is 6.92 Å². The lowest BCUT2D eigenvalue weighted by Crippen LogP contribution is -2.50. The van der Waals surface area contributed by atoms with E-state index < -0.39 is 16.6 Å². The van der Waals surface area contributed by atoms with Crippen molar-refractivity contribution < 1.29 is 28.4 Å². The minimum absolute atomic E-state index is 0.104. The lowest BCUT2D eigenvalue weighted by Gasteiger charge is -2.34. The van der Waals surface area contributed by atoms with Gasteiger partial charge in [0, 0.05) is 37.8 Å². The van der Waals surface area contributed by atoms with Gasteiger partial charge in [-0.05, 0) is 31.2 Å². The molecule has 1 heterocycles. The number of rotatable bonds is 6. The van der Waals surface area contributed by atoms with E-state index in [-0.39, 0.29) is 54.8 Å². The van der Waals surface area contributed by atoms with Crippen molar-refractivity contribution >= 4 is 17.5 Å². The first-order valence-corrected chi connectivity index (χ1v) is 9.69. The van der Waals surface area contributed by atoms with E-state index in [2.05, 4.69) is 0 Å². The fourth-order valence-corrected chi connectivity index (χ4v) is 3.36. The van der Waals surface area contributed by atoms with Crippen molar-refractivity contribution in [3.05, 3.63) is 63.5 Å². The molecule has 3 rings (SSSR count). The Morgan fingerprint density at radius 1 is 1.03 bits per heavy atom. The molecule has 0 bridgehead atoms. The first kappa shape index (κ1) is 22.0. The highest BCUT2D eigenvalue weighted by Crippen LogP contribution is 2.35. The van der Waals surface area contributed by atoms with Gasteiger partial charge in [0.2, 0.25) is 0 Å². The first-order valence-electron chi connectivity index (χ1n) is 9.69. The van der Waals surface area contributed by atoms with Gasteiger partial charge in [0.05, 0.1) is 24.7 Å². The number of nitro benzene ring substituents is 1. The zero-order chi connectivity index (χ0) is 22.5. The number of carbonyl (C=O) groups is 2. The third-order valence-electron chi connectivity index (χ3n) is 4.95. The molecule has 2 amide bonds. The molecule has 0 radical (unpaired) electrons. The van der Waals surface area contributed by atoms with E-state index in [1.54, 1.807) is 11.8 Å². The molecular formula is C21H22FN3O6. The second-order valence-corrected chi connectivity index (χ2v) is 6.80. The van der Waals surface area contributed by atoms with Gasteiger partial charge in [-0.2, -0.15) is 0 Å². The Labute approximate surface area is 178 Å². The summed E-state index contributed by atoms with van der Waals surface area (Å²) in [5.74, 6) is -0.811. The molecule has 1 aliphatic rings. The minimum atomic E-state index is -0.639. The highest BCUT2D eigenvalue weighted by molar-refractivity contribution is 5.99. The number of benzene rings is 2. The summed E-state index contributed by atoms with van der Waals surface area (Å²) < 4.78 is 23.7. The van der Waals surface area contributed by atoms with Crippen LogP contribution in [-0.2, 0) is 0 Å². The molecule has 0 atom stereocenters. The molecule has 1 aliphatic heterocycles. The summed E-state index contributed by atoms with van der Waals surface area (Å²) in [6.07, 6.45) is 0. The Balaban J connectivity index is 1.77. The van der Waals surface area contributed by atoms with Gasteiger partial charge in [0.1, 0.15) is 11.4 Å². The van der Waals surface area contributed by atoms with Gasteiger partial charge in [-0.3, -0.25) is 19.7 Å². The molecule has 31 heavy (non-hydrogen) atoms. The number of amides is 2. The predicted octanol–water partition coefficient (Wildman–Crippen LogP) is 2.74. The molecule has 0 aliphatic carbocycles. The highest BCUT2D eigenvalue weighted by Gasteiger charge is 2.31. The van der Waals surface area contributed by atoms with E-state index in [0.717, 1.165) is 0 Å². The van der Waals surface area contributed by atoms with Crippen molar-refractivity contribution in [1.82, 2.24) is 9.80 Å². The van der Waals surface area contributed by atoms with Crippen LogP contribution in [0.3, 0.4) is 0 Å². The summed E-state index contributed by atoms with van der Waals surface area (Å²) in [6.45, 7) is 2.97. The first-order chi connectivity index (χ1) is 14.8. The van der Waals surface area contributed by atoms with Crippen LogP contribution in [0.1, 0.15) is 27.6 Å². The van der Waals surface area contributed by atoms with Crippen molar-refractivity contribution in [2.75, 3.05) is 39.9 Å². The largest absolute Gasteiger partial charge is 0.493 e. The number of nitro groups is 1. The number of piperazine rings is 1. The van der Waals surface area contributed by atoms with Gasteiger partial charge in [0.15, 0.2) is 11.5 Å².